The molecule has 0 bridgehead atoms. The van der Waals surface area contributed by atoms with E-state index < -0.39 is 104 Å². The van der Waals surface area contributed by atoms with Crippen LogP contribution in [0.5, 0.6) is 0 Å². The Morgan fingerprint density at radius 2 is 0.625 bits per heavy atom. The van der Waals surface area contributed by atoms with E-state index in [-0.39, 0.29) is 66.1 Å². The highest BCUT2D eigenvalue weighted by atomic mass is 16.8. The number of unbranched alkanes of at least 4 members (excludes halogenated alkanes) is 5. The predicted molar refractivity (Wildman–Crippen MR) is 392 cm³/mol. The zero-order valence-electron chi connectivity index (χ0n) is 59.9. The SMILES string of the molecule is CCCCCCCCO[C@H]1O[C@H](COCc2ccccc2)[C@@H](OCc2ccccc2)[C@H](OCc2ccccc2)[C@@H]1O[C@@H]1O[C@H](COCc2ccccc2)[C@@H](O[C@@H]2O[C@H](COCc3ccccc3)[C@H](OCc3ccccc3)[C@H](OCc3ccccc3)[C@H]2OC(C)=O)[C@H](OCc2ccccc2)[C@H]1NC(C)=O. The van der Waals surface area contributed by atoms with E-state index in [0.29, 0.717) is 13.2 Å². The lowest BCUT2D eigenvalue weighted by Gasteiger charge is -2.52. The normalized spacial score (nSPS) is 24.7. The molecular formula is C86H101NO17. The van der Waals surface area contributed by atoms with Crippen molar-refractivity contribution in [1.82, 2.24) is 5.32 Å². The molecule has 0 saturated carbocycles. The summed E-state index contributed by atoms with van der Waals surface area (Å²) in [6.07, 6.45) is -9.24. The number of hydrogen-bond donors (Lipinski definition) is 1. The molecule has 552 valence electrons. The summed E-state index contributed by atoms with van der Waals surface area (Å²) in [5.41, 5.74) is 7.23. The number of carbonyl (C=O) groups excluding carboxylic acids is 2. The van der Waals surface area contributed by atoms with Crippen molar-refractivity contribution < 1.29 is 80.6 Å². The molecule has 3 heterocycles. The molecule has 11 rings (SSSR count). The zero-order valence-corrected chi connectivity index (χ0v) is 59.9. The molecule has 3 aliphatic rings. The van der Waals surface area contributed by atoms with Crippen molar-refractivity contribution in [3.05, 3.63) is 287 Å². The van der Waals surface area contributed by atoms with Gasteiger partial charge in [-0.05, 0) is 50.9 Å². The molecule has 1 amide bonds. The fourth-order valence-corrected chi connectivity index (χ4v) is 13.2. The van der Waals surface area contributed by atoms with Crippen LogP contribution in [-0.4, -0.2) is 130 Å². The Bertz CT molecular complexity index is 3650. The van der Waals surface area contributed by atoms with E-state index in [4.69, 9.17) is 71.1 Å². The second-order valence-corrected chi connectivity index (χ2v) is 26.6. The molecule has 104 heavy (non-hydrogen) atoms. The van der Waals surface area contributed by atoms with Crippen LogP contribution in [0, 0.1) is 0 Å². The fourth-order valence-electron chi connectivity index (χ4n) is 13.2. The van der Waals surface area contributed by atoms with Gasteiger partial charge in [-0.1, -0.05) is 282 Å². The summed E-state index contributed by atoms with van der Waals surface area (Å²) in [6, 6.07) is 77.5. The smallest absolute Gasteiger partial charge is 0.303 e. The third kappa shape index (κ3) is 24.1. The molecule has 3 aliphatic heterocycles. The number of esters is 1. The molecule has 0 unspecified atom stereocenters. The lowest BCUT2D eigenvalue weighted by molar-refractivity contribution is -0.383. The Morgan fingerprint density at radius 3 is 1.00 bits per heavy atom. The lowest BCUT2D eigenvalue weighted by Crippen LogP contribution is -2.70. The first-order valence-electron chi connectivity index (χ1n) is 36.7. The van der Waals surface area contributed by atoms with Crippen molar-refractivity contribution in [2.45, 2.75) is 204 Å². The number of hydrogen-bond acceptors (Lipinski definition) is 17. The fraction of sp³-hybridized carbons (Fsp3) is 0.419. The third-order valence-corrected chi connectivity index (χ3v) is 18.5. The van der Waals surface area contributed by atoms with Gasteiger partial charge in [-0.25, -0.2) is 0 Å². The van der Waals surface area contributed by atoms with Crippen LogP contribution >= 0.6 is 0 Å². The van der Waals surface area contributed by atoms with Crippen LogP contribution in [0.25, 0.3) is 0 Å². The highest BCUT2D eigenvalue weighted by molar-refractivity contribution is 5.73. The summed E-state index contributed by atoms with van der Waals surface area (Å²) in [6.45, 7) is 6.57. The maximum atomic E-state index is 14.3. The Balaban J connectivity index is 1.01. The van der Waals surface area contributed by atoms with E-state index in [2.05, 4.69) is 12.2 Å². The summed E-state index contributed by atoms with van der Waals surface area (Å²) in [5, 5.41) is 3.23. The summed E-state index contributed by atoms with van der Waals surface area (Å²) in [7, 11) is 0. The van der Waals surface area contributed by atoms with Gasteiger partial charge in [0.1, 0.15) is 67.1 Å². The van der Waals surface area contributed by atoms with Gasteiger partial charge in [-0.3, -0.25) is 9.59 Å². The number of benzene rings is 8. The highest BCUT2D eigenvalue weighted by Crippen LogP contribution is 2.39. The number of rotatable bonds is 41. The van der Waals surface area contributed by atoms with Crippen LogP contribution < -0.4 is 5.32 Å². The van der Waals surface area contributed by atoms with Crippen LogP contribution in [0.2, 0.25) is 0 Å². The van der Waals surface area contributed by atoms with E-state index in [9.17, 15) is 9.59 Å². The van der Waals surface area contributed by atoms with Crippen molar-refractivity contribution in [3.63, 3.8) is 0 Å². The first-order chi connectivity index (χ1) is 51.2. The lowest BCUT2D eigenvalue weighted by atomic mass is 9.94. The Kier molecular flexibility index (Phi) is 31.4. The van der Waals surface area contributed by atoms with Gasteiger partial charge in [0.25, 0.3) is 0 Å². The molecular weight excluding hydrogens is 1320 g/mol. The van der Waals surface area contributed by atoms with Crippen LogP contribution in [-0.2, 0) is 133 Å². The minimum Gasteiger partial charge on any atom is -0.454 e. The summed E-state index contributed by atoms with van der Waals surface area (Å²) in [5.74, 6) is -1.06. The maximum Gasteiger partial charge on any atom is 0.303 e. The number of ether oxygens (including phenoxy) is 15. The number of amides is 1. The predicted octanol–water partition coefficient (Wildman–Crippen LogP) is 14.3. The molecule has 18 nitrogen and oxygen atoms in total. The van der Waals surface area contributed by atoms with Crippen molar-refractivity contribution in [3.8, 4) is 0 Å². The molecule has 0 spiro atoms. The minimum absolute atomic E-state index is 0.00945. The molecule has 0 aromatic heterocycles. The average Bonchev–Trinajstić information content (AvgIpc) is 0.766. The molecule has 15 atom stereocenters. The quantitative estimate of drug-likeness (QED) is 0.0282. The largest absolute Gasteiger partial charge is 0.454 e. The molecule has 1 N–H and O–H groups in total. The molecule has 0 radical (unpaired) electrons. The van der Waals surface area contributed by atoms with Crippen molar-refractivity contribution in [2.24, 2.45) is 0 Å². The molecule has 18 heteroatoms. The highest BCUT2D eigenvalue weighted by Gasteiger charge is 2.58. The number of carbonyl (C=O) groups is 2. The molecule has 3 fully saturated rings. The Labute approximate surface area is 612 Å². The Hall–Kier alpha value is -7.86. The molecule has 3 saturated heterocycles. The van der Waals surface area contributed by atoms with Crippen molar-refractivity contribution in [1.29, 1.82) is 0 Å². The van der Waals surface area contributed by atoms with E-state index in [1.54, 1.807) is 0 Å². The first-order valence-corrected chi connectivity index (χ1v) is 36.7. The summed E-state index contributed by atoms with van der Waals surface area (Å²) < 4.78 is 106. The summed E-state index contributed by atoms with van der Waals surface area (Å²) >= 11 is 0. The van der Waals surface area contributed by atoms with E-state index >= 15 is 0 Å². The van der Waals surface area contributed by atoms with E-state index in [0.717, 1.165) is 83.0 Å². The van der Waals surface area contributed by atoms with Gasteiger partial charge in [0.2, 0.25) is 5.91 Å². The van der Waals surface area contributed by atoms with Gasteiger partial charge in [0.15, 0.2) is 25.0 Å². The van der Waals surface area contributed by atoms with Gasteiger partial charge >= 0.3 is 5.97 Å². The van der Waals surface area contributed by atoms with Crippen LogP contribution in [0.4, 0.5) is 0 Å². The number of nitrogens with one attached hydrogen (secondary N) is 1. The van der Waals surface area contributed by atoms with E-state index in [1.807, 2.05) is 243 Å². The second-order valence-electron chi connectivity index (χ2n) is 26.6. The van der Waals surface area contributed by atoms with Gasteiger partial charge in [0, 0.05) is 20.5 Å². The first kappa shape index (κ1) is 77.2. The van der Waals surface area contributed by atoms with E-state index in [1.165, 1.54) is 13.8 Å². The standard InChI is InChI=1S/C86H101NO17/c1-4-5-6-7-8-33-50-93-85-82(80(97-57-70-46-29-15-30-47-70)76(94-54-67-40-23-12-24-41-67)72(101-85)59-90-51-64-34-17-9-18-35-64)104-84-75(87-62(2)88)79(96-56-69-44-27-14-28-45-69)78(74(100-84)61-92-53-66-38-21-11-22-39-66)103-86-83(99-63(3)89)81(98-58-71-48-31-16-32-49-71)77(95-55-68-42-25-13-26-43-68)73(102-86)60-91-52-65-36-19-10-20-37-65/h9-32,34-49,72-86H,4-8,33,50-61H2,1-3H3,(H,87,88)/t72-,73-,74-,75-,76-,77+,78-,79-,80+,81+,82+,83-,84+,85+,86+/m1/s1. The minimum atomic E-state index is -1.45. The van der Waals surface area contributed by atoms with Gasteiger partial charge in [-0.2, -0.15) is 0 Å². The molecule has 8 aromatic rings. The second kappa shape index (κ2) is 42.3. The summed E-state index contributed by atoms with van der Waals surface area (Å²) in [4.78, 5) is 28.2. The van der Waals surface area contributed by atoms with Crippen molar-refractivity contribution >= 4 is 11.9 Å². The van der Waals surface area contributed by atoms with Crippen LogP contribution in [0.3, 0.4) is 0 Å². The Morgan fingerprint density at radius 1 is 0.317 bits per heavy atom. The molecule has 0 aliphatic carbocycles. The van der Waals surface area contributed by atoms with Gasteiger partial charge in [0.05, 0.1) is 72.7 Å². The zero-order chi connectivity index (χ0) is 71.8. The average molecular weight is 1420 g/mol. The maximum absolute atomic E-state index is 14.3. The topological polar surface area (TPSA) is 185 Å². The van der Waals surface area contributed by atoms with Crippen molar-refractivity contribution in [2.75, 3.05) is 26.4 Å². The van der Waals surface area contributed by atoms with Gasteiger partial charge < -0.3 is 76.4 Å². The monoisotopic (exact) mass is 1420 g/mol. The third-order valence-electron chi connectivity index (χ3n) is 18.5. The van der Waals surface area contributed by atoms with Crippen LogP contribution in [0.1, 0.15) is 104 Å². The molecule has 8 aromatic carbocycles. The van der Waals surface area contributed by atoms with Gasteiger partial charge in [-0.15, -0.1) is 0 Å². The van der Waals surface area contributed by atoms with Crippen LogP contribution in [0.15, 0.2) is 243 Å².